The molecule has 1 N–H and O–H groups in total. The van der Waals surface area contributed by atoms with Gasteiger partial charge < -0.3 is 15.0 Å². The van der Waals surface area contributed by atoms with Crippen molar-refractivity contribution >= 4 is 18.3 Å². The van der Waals surface area contributed by atoms with Gasteiger partial charge in [-0.05, 0) is 18.8 Å². The smallest absolute Gasteiger partial charge is 0.252 e. The molecule has 17 heavy (non-hydrogen) atoms. The number of likely N-dealkylation sites (N-methyl/N-ethyl adjacent to an activating group) is 1. The Morgan fingerprint density at radius 3 is 2.71 bits per heavy atom. The molecule has 4 nitrogen and oxygen atoms in total. The molecule has 1 saturated carbocycles. The molecule has 2 aliphatic rings. The van der Waals surface area contributed by atoms with Gasteiger partial charge in [-0.3, -0.25) is 4.79 Å². The molecule has 1 aliphatic carbocycles. The number of hydrogen-bond acceptors (Lipinski definition) is 3. The van der Waals surface area contributed by atoms with Gasteiger partial charge in [0.1, 0.15) is 6.10 Å². The Morgan fingerprint density at radius 1 is 1.41 bits per heavy atom. The van der Waals surface area contributed by atoms with E-state index in [1.54, 1.807) is 0 Å². The third-order valence-corrected chi connectivity index (χ3v) is 3.59. The average Bonchev–Trinajstić information content (AvgIpc) is 2.82. The lowest BCUT2D eigenvalue weighted by Crippen LogP contribution is -2.49. The van der Waals surface area contributed by atoms with Crippen molar-refractivity contribution in [1.82, 2.24) is 10.2 Å². The third kappa shape index (κ3) is 4.12. The zero-order valence-corrected chi connectivity index (χ0v) is 11.3. The Kier molecular flexibility index (Phi) is 6.23. The van der Waals surface area contributed by atoms with Crippen molar-refractivity contribution in [2.45, 2.75) is 31.8 Å². The van der Waals surface area contributed by atoms with Crippen LogP contribution in [-0.4, -0.2) is 50.2 Å². The van der Waals surface area contributed by atoms with E-state index in [-0.39, 0.29) is 24.4 Å². The first-order valence-electron chi connectivity index (χ1n) is 6.34. The maximum Gasteiger partial charge on any atom is 0.252 e. The monoisotopic (exact) mass is 262 g/mol. The lowest BCUT2D eigenvalue weighted by atomic mass is 10.1. The Labute approximate surface area is 109 Å². The van der Waals surface area contributed by atoms with Gasteiger partial charge in [-0.25, -0.2) is 0 Å². The number of hydrogen-bond donors (Lipinski definition) is 1. The van der Waals surface area contributed by atoms with Crippen molar-refractivity contribution in [3.05, 3.63) is 0 Å². The molecule has 1 saturated heterocycles. The van der Waals surface area contributed by atoms with E-state index in [4.69, 9.17) is 4.74 Å². The highest BCUT2D eigenvalue weighted by Gasteiger charge is 2.27. The quantitative estimate of drug-likeness (QED) is 0.827. The first-order chi connectivity index (χ1) is 7.77. The molecule has 1 atom stereocenters. The van der Waals surface area contributed by atoms with Gasteiger partial charge in [-0.1, -0.05) is 12.8 Å². The summed E-state index contributed by atoms with van der Waals surface area (Å²) in [6.45, 7) is 3.07. The van der Waals surface area contributed by atoms with E-state index in [0.717, 1.165) is 13.1 Å². The van der Waals surface area contributed by atoms with E-state index >= 15 is 0 Å². The Hall–Kier alpha value is -0.320. The zero-order valence-electron chi connectivity index (χ0n) is 10.5. The minimum atomic E-state index is -0.264. The van der Waals surface area contributed by atoms with E-state index in [9.17, 15) is 4.79 Å². The van der Waals surface area contributed by atoms with Crippen molar-refractivity contribution in [3.63, 3.8) is 0 Å². The number of nitrogens with one attached hydrogen (secondary N) is 1. The normalized spacial score (nSPS) is 25.4. The molecular weight excluding hydrogens is 240 g/mol. The molecule has 1 unspecified atom stereocenters. The van der Waals surface area contributed by atoms with Crippen LogP contribution in [0.5, 0.6) is 0 Å². The van der Waals surface area contributed by atoms with Crippen molar-refractivity contribution in [2.24, 2.45) is 5.92 Å². The summed E-state index contributed by atoms with van der Waals surface area (Å²) in [5.41, 5.74) is 0. The molecule has 100 valence electrons. The fraction of sp³-hybridized carbons (Fsp3) is 0.917. The minimum absolute atomic E-state index is 0. The first kappa shape index (κ1) is 14.7. The molecule has 2 fully saturated rings. The van der Waals surface area contributed by atoms with Gasteiger partial charge in [0.25, 0.3) is 5.91 Å². The van der Waals surface area contributed by atoms with Gasteiger partial charge in [0.05, 0.1) is 6.61 Å². The maximum absolute atomic E-state index is 12.0. The number of halogens is 1. The fourth-order valence-corrected chi connectivity index (χ4v) is 2.64. The van der Waals surface area contributed by atoms with Crippen molar-refractivity contribution in [2.75, 3.05) is 33.3 Å². The molecule has 0 radical (unpaired) electrons. The van der Waals surface area contributed by atoms with Crippen LogP contribution in [0, 0.1) is 5.92 Å². The maximum atomic E-state index is 12.0. The predicted molar refractivity (Wildman–Crippen MR) is 69.5 cm³/mol. The number of carbonyl (C=O) groups is 1. The van der Waals surface area contributed by atoms with Crippen LogP contribution in [0.2, 0.25) is 0 Å². The Bertz CT molecular complexity index is 239. The molecule has 5 heteroatoms. The van der Waals surface area contributed by atoms with Crippen LogP contribution in [0.25, 0.3) is 0 Å². The lowest BCUT2D eigenvalue weighted by molar-refractivity contribution is -0.144. The average molecular weight is 263 g/mol. The van der Waals surface area contributed by atoms with Crippen molar-refractivity contribution in [1.29, 1.82) is 0 Å². The van der Waals surface area contributed by atoms with Gasteiger partial charge in [-0.15, -0.1) is 12.4 Å². The summed E-state index contributed by atoms with van der Waals surface area (Å²) >= 11 is 0. The molecule has 0 aromatic carbocycles. The minimum Gasteiger partial charge on any atom is -0.366 e. The molecule has 1 aliphatic heterocycles. The summed E-state index contributed by atoms with van der Waals surface area (Å²) < 4.78 is 5.47. The molecule has 2 rings (SSSR count). The number of carbonyl (C=O) groups excluding carboxylic acids is 1. The summed E-state index contributed by atoms with van der Waals surface area (Å²) in [5, 5.41) is 3.19. The molecular formula is C12H23ClN2O2. The molecule has 0 aromatic rings. The van der Waals surface area contributed by atoms with Crippen LogP contribution in [0.15, 0.2) is 0 Å². The largest absolute Gasteiger partial charge is 0.366 e. The number of ether oxygens (including phenoxy) is 1. The second kappa shape index (κ2) is 7.19. The standard InChI is InChI=1S/C12H22N2O2.ClH/c1-14(9-10-4-2-3-5-10)12(15)11-8-13-6-7-16-11;/h10-11,13H,2-9H2,1H3;1H. The summed E-state index contributed by atoms with van der Waals surface area (Å²) in [7, 11) is 1.90. The fourth-order valence-electron chi connectivity index (χ4n) is 2.64. The van der Waals surface area contributed by atoms with Crippen LogP contribution >= 0.6 is 12.4 Å². The molecule has 1 heterocycles. The van der Waals surface area contributed by atoms with Gasteiger partial charge in [0.15, 0.2) is 0 Å². The Balaban J connectivity index is 0.00000144. The number of amides is 1. The van der Waals surface area contributed by atoms with Gasteiger partial charge in [0.2, 0.25) is 0 Å². The van der Waals surface area contributed by atoms with Gasteiger partial charge >= 0.3 is 0 Å². The number of rotatable bonds is 3. The SMILES string of the molecule is CN(CC1CCCC1)C(=O)C1CNCCO1.Cl. The number of morpholine rings is 1. The van der Waals surface area contributed by atoms with E-state index in [2.05, 4.69) is 5.32 Å². The van der Waals surface area contributed by atoms with Crippen LogP contribution in [0.3, 0.4) is 0 Å². The van der Waals surface area contributed by atoms with Crippen LogP contribution in [0.1, 0.15) is 25.7 Å². The highest BCUT2D eigenvalue weighted by Crippen LogP contribution is 2.25. The van der Waals surface area contributed by atoms with Crippen LogP contribution in [-0.2, 0) is 9.53 Å². The summed E-state index contributed by atoms with van der Waals surface area (Å²) in [6.07, 6.45) is 4.95. The van der Waals surface area contributed by atoms with Gasteiger partial charge in [-0.2, -0.15) is 0 Å². The second-order valence-electron chi connectivity index (χ2n) is 4.93. The second-order valence-corrected chi connectivity index (χ2v) is 4.93. The highest BCUT2D eigenvalue weighted by atomic mass is 35.5. The predicted octanol–water partition coefficient (Wildman–Crippen LogP) is 1.05. The van der Waals surface area contributed by atoms with Crippen LogP contribution in [0.4, 0.5) is 0 Å². The molecule has 0 bridgehead atoms. The number of nitrogens with zero attached hydrogens (tertiary/aromatic N) is 1. The van der Waals surface area contributed by atoms with E-state index in [0.29, 0.717) is 19.1 Å². The summed E-state index contributed by atoms with van der Waals surface area (Å²) in [5.74, 6) is 0.851. The first-order valence-corrected chi connectivity index (χ1v) is 6.34. The van der Waals surface area contributed by atoms with E-state index in [1.165, 1.54) is 25.7 Å². The molecule has 1 amide bonds. The van der Waals surface area contributed by atoms with E-state index < -0.39 is 0 Å². The van der Waals surface area contributed by atoms with Crippen LogP contribution < -0.4 is 5.32 Å². The summed E-state index contributed by atoms with van der Waals surface area (Å²) in [4.78, 5) is 13.9. The highest BCUT2D eigenvalue weighted by molar-refractivity contribution is 5.85. The van der Waals surface area contributed by atoms with Crippen molar-refractivity contribution < 1.29 is 9.53 Å². The molecule has 0 aromatic heterocycles. The van der Waals surface area contributed by atoms with Gasteiger partial charge in [0, 0.05) is 26.7 Å². The zero-order chi connectivity index (χ0) is 11.4. The van der Waals surface area contributed by atoms with E-state index in [1.807, 2.05) is 11.9 Å². The Morgan fingerprint density at radius 2 is 2.12 bits per heavy atom. The third-order valence-electron chi connectivity index (χ3n) is 3.59. The summed E-state index contributed by atoms with van der Waals surface area (Å²) in [6, 6.07) is 0. The molecule has 0 spiro atoms. The lowest BCUT2D eigenvalue weighted by Gasteiger charge is -2.28. The topological polar surface area (TPSA) is 41.6 Å². The van der Waals surface area contributed by atoms with Crippen molar-refractivity contribution in [3.8, 4) is 0 Å².